The lowest BCUT2D eigenvalue weighted by atomic mass is 9.71. The molecule has 0 unspecified atom stereocenters. The van der Waals surface area contributed by atoms with Crippen molar-refractivity contribution < 1.29 is 18.8 Å². The Morgan fingerprint density at radius 3 is 2.58 bits per heavy atom. The molecule has 1 aliphatic carbocycles. The zero-order valence-electron chi connectivity index (χ0n) is 17.4. The maximum atomic E-state index is 13.2. The Bertz CT molecular complexity index is 979. The second-order valence-electron chi connectivity index (χ2n) is 8.20. The molecular formula is C22H26FN5O3. The Labute approximate surface area is 179 Å². The average molecular weight is 427 g/mol. The van der Waals surface area contributed by atoms with E-state index in [1.54, 1.807) is 24.0 Å². The molecule has 0 bridgehead atoms. The van der Waals surface area contributed by atoms with Gasteiger partial charge in [-0.2, -0.15) is 0 Å². The highest BCUT2D eigenvalue weighted by molar-refractivity contribution is 6.05. The van der Waals surface area contributed by atoms with Crippen molar-refractivity contribution in [3.8, 4) is 0 Å². The number of H-pyrrole nitrogens is 1. The van der Waals surface area contributed by atoms with Crippen LogP contribution in [-0.2, 0) is 4.79 Å². The van der Waals surface area contributed by atoms with E-state index in [2.05, 4.69) is 20.6 Å². The number of carbonyl (C=O) groups excluding carboxylic acids is 3. The number of amides is 3. The summed E-state index contributed by atoms with van der Waals surface area (Å²) in [6.07, 6.45) is 4.79. The Hall–Kier alpha value is -3.23. The molecule has 1 aromatic carbocycles. The number of benzene rings is 1. The summed E-state index contributed by atoms with van der Waals surface area (Å²) < 4.78 is 13.2. The Morgan fingerprint density at radius 2 is 1.90 bits per heavy atom. The van der Waals surface area contributed by atoms with Crippen molar-refractivity contribution in [1.82, 2.24) is 20.6 Å². The smallest absolute Gasteiger partial charge is 0.272 e. The monoisotopic (exact) mass is 427 g/mol. The molecule has 4 rings (SSSR count). The molecule has 8 nitrogen and oxygen atoms in total. The lowest BCUT2D eigenvalue weighted by molar-refractivity contribution is -0.127. The van der Waals surface area contributed by atoms with E-state index in [9.17, 15) is 18.8 Å². The Kier molecular flexibility index (Phi) is 5.75. The van der Waals surface area contributed by atoms with Gasteiger partial charge in [-0.25, -0.2) is 9.37 Å². The summed E-state index contributed by atoms with van der Waals surface area (Å²) >= 11 is 0. The van der Waals surface area contributed by atoms with Crippen LogP contribution in [0.3, 0.4) is 0 Å². The van der Waals surface area contributed by atoms with Crippen LogP contribution in [0.2, 0.25) is 0 Å². The molecule has 1 saturated carbocycles. The zero-order chi connectivity index (χ0) is 22.0. The molecule has 2 aromatic rings. The van der Waals surface area contributed by atoms with Crippen LogP contribution in [0, 0.1) is 11.2 Å². The van der Waals surface area contributed by atoms with Gasteiger partial charge in [0, 0.05) is 24.8 Å². The van der Waals surface area contributed by atoms with E-state index in [4.69, 9.17) is 0 Å². The van der Waals surface area contributed by atoms with Crippen molar-refractivity contribution in [3.05, 3.63) is 47.8 Å². The summed E-state index contributed by atoms with van der Waals surface area (Å²) in [5.74, 6) is -1.01. The van der Waals surface area contributed by atoms with E-state index in [0.717, 1.165) is 12.1 Å². The van der Waals surface area contributed by atoms with Crippen LogP contribution >= 0.6 is 0 Å². The predicted octanol–water partition coefficient (Wildman–Crippen LogP) is 2.39. The first kappa shape index (κ1) is 21.0. The van der Waals surface area contributed by atoms with Gasteiger partial charge in [0.1, 0.15) is 11.5 Å². The third kappa shape index (κ3) is 4.04. The number of hydrogen-bond donors (Lipinski definition) is 3. The van der Waals surface area contributed by atoms with Crippen LogP contribution in [0.4, 0.5) is 10.1 Å². The summed E-state index contributed by atoms with van der Waals surface area (Å²) in [5.41, 5.74) is 0.516. The van der Waals surface area contributed by atoms with Gasteiger partial charge in [-0.15, -0.1) is 0 Å². The maximum absolute atomic E-state index is 13.2. The van der Waals surface area contributed by atoms with Gasteiger partial charge < -0.3 is 20.5 Å². The number of aromatic amines is 1. The Balaban J connectivity index is 1.37. The highest BCUT2D eigenvalue weighted by Crippen LogP contribution is 2.46. The maximum Gasteiger partial charge on any atom is 0.272 e. The molecule has 3 amide bonds. The van der Waals surface area contributed by atoms with Crippen LogP contribution in [0.1, 0.15) is 60.0 Å². The van der Waals surface area contributed by atoms with Crippen LogP contribution in [0.5, 0.6) is 0 Å². The minimum absolute atomic E-state index is 0.0747. The number of imidazole rings is 1. The number of anilines is 1. The molecule has 2 heterocycles. The third-order valence-electron chi connectivity index (χ3n) is 6.35. The number of nitrogens with zero attached hydrogens (tertiary/aromatic N) is 2. The first-order valence-electron chi connectivity index (χ1n) is 10.6. The molecule has 2 fully saturated rings. The van der Waals surface area contributed by atoms with Crippen LogP contribution in [0.15, 0.2) is 30.6 Å². The van der Waals surface area contributed by atoms with Crippen molar-refractivity contribution in [3.63, 3.8) is 0 Å². The SMILES string of the molecule is CCNC(=O)c1[nH]cnc1C(=O)NC1CCC2(CC1)CCN(c1ccc(F)cc1)C2=O. The van der Waals surface area contributed by atoms with E-state index in [-0.39, 0.29) is 35.1 Å². The largest absolute Gasteiger partial charge is 0.351 e. The van der Waals surface area contributed by atoms with Crippen molar-refractivity contribution >= 4 is 23.4 Å². The molecule has 0 radical (unpaired) electrons. The van der Waals surface area contributed by atoms with Gasteiger partial charge in [0.25, 0.3) is 11.8 Å². The van der Waals surface area contributed by atoms with E-state index in [1.165, 1.54) is 18.5 Å². The highest BCUT2D eigenvalue weighted by atomic mass is 19.1. The highest BCUT2D eigenvalue weighted by Gasteiger charge is 2.48. The molecule has 0 atom stereocenters. The lowest BCUT2D eigenvalue weighted by Crippen LogP contribution is -2.44. The minimum atomic E-state index is -0.422. The number of nitrogens with one attached hydrogen (secondary N) is 3. The summed E-state index contributed by atoms with van der Waals surface area (Å²) in [5, 5.41) is 5.61. The fourth-order valence-corrected chi connectivity index (χ4v) is 4.61. The van der Waals surface area contributed by atoms with Crippen molar-refractivity contribution in [1.29, 1.82) is 0 Å². The normalized spacial score (nSPS) is 23.2. The first-order chi connectivity index (χ1) is 14.9. The third-order valence-corrected chi connectivity index (χ3v) is 6.35. The molecular weight excluding hydrogens is 401 g/mol. The zero-order valence-corrected chi connectivity index (χ0v) is 17.4. The van der Waals surface area contributed by atoms with E-state index in [0.29, 0.717) is 38.8 Å². The summed E-state index contributed by atoms with van der Waals surface area (Å²) in [6.45, 7) is 2.87. The Morgan fingerprint density at radius 1 is 1.19 bits per heavy atom. The number of hydrogen-bond acceptors (Lipinski definition) is 4. The number of rotatable bonds is 5. The molecule has 1 aromatic heterocycles. The van der Waals surface area contributed by atoms with Crippen LogP contribution in [-0.4, -0.2) is 46.8 Å². The van der Waals surface area contributed by atoms with Gasteiger partial charge >= 0.3 is 0 Å². The van der Waals surface area contributed by atoms with Gasteiger partial charge in [-0.3, -0.25) is 14.4 Å². The van der Waals surface area contributed by atoms with Crippen molar-refractivity contribution in [2.75, 3.05) is 18.0 Å². The molecule has 1 aliphatic heterocycles. The second-order valence-corrected chi connectivity index (χ2v) is 8.20. The quantitative estimate of drug-likeness (QED) is 0.681. The summed E-state index contributed by atoms with van der Waals surface area (Å²) in [6, 6.07) is 5.92. The number of carbonyl (C=O) groups is 3. The second kappa shape index (κ2) is 8.49. The average Bonchev–Trinajstić information content (AvgIpc) is 3.37. The van der Waals surface area contributed by atoms with Gasteiger partial charge in [0.15, 0.2) is 5.69 Å². The predicted molar refractivity (Wildman–Crippen MR) is 112 cm³/mol. The van der Waals surface area contributed by atoms with Gasteiger partial charge in [0.2, 0.25) is 5.91 Å². The van der Waals surface area contributed by atoms with Gasteiger partial charge in [0.05, 0.1) is 11.7 Å². The van der Waals surface area contributed by atoms with E-state index in [1.807, 2.05) is 0 Å². The van der Waals surface area contributed by atoms with Gasteiger partial charge in [-0.05, 0) is 63.3 Å². The minimum Gasteiger partial charge on any atom is -0.351 e. The molecule has 1 saturated heterocycles. The van der Waals surface area contributed by atoms with Crippen molar-refractivity contribution in [2.24, 2.45) is 5.41 Å². The van der Waals surface area contributed by atoms with E-state index < -0.39 is 11.3 Å². The fraction of sp³-hybridized carbons (Fsp3) is 0.455. The first-order valence-corrected chi connectivity index (χ1v) is 10.6. The van der Waals surface area contributed by atoms with Gasteiger partial charge in [-0.1, -0.05) is 0 Å². The van der Waals surface area contributed by atoms with Crippen molar-refractivity contribution in [2.45, 2.75) is 45.1 Å². The molecule has 9 heteroatoms. The van der Waals surface area contributed by atoms with E-state index >= 15 is 0 Å². The van der Waals surface area contributed by atoms with Crippen LogP contribution in [0.25, 0.3) is 0 Å². The molecule has 31 heavy (non-hydrogen) atoms. The molecule has 3 N–H and O–H groups in total. The summed E-state index contributed by atoms with van der Waals surface area (Å²) in [7, 11) is 0. The fourth-order valence-electron chi connectivity index (χ4n) is 4.61. The topological polar surface area (TPSA) is 107 Å². The molecule has 164 valence electrons. The standard InChI is InChI=1S/C22H26FN5O3/c1-2-24-19(29)17-18(26-13-25-17)20(30)27-15-7-9-22(10-8-15)11-12-28(21(22)31)16-5-3-14(23)4-6-16/h3-6,13,15H,2,7-12H2,1H3,(H,24,29)(H,25,26)(H,27,30). The number of halogens is 1. The van der Waals surface area contributed by atoms with Crippen LogP contribution < -0.4 is 15.5 Å². The number of aromatic nitrogens is 2. The molecule has 1 spiro atoms. The summed E-state index contributed by atoms with van der Waals surface area (Å²) in [4.78, 5) is 46.3. The molecule has 2 aliphatic rings. The lowest BCUT2D eigenvalue weighted by Gasteiger charge is -2.36.